The minimum atomic E-state index is -0.346. The molecule has 0 spiro atoms. The van der Waals surface area contributed by atoms with Gasteiger partial charge in [-0.05, 0) is 37.7 Å². The molecule has 0 aliphatic carbocycles. The summed E-state index contributed by atoms with van der Waals surface area (Å²) in [4.78, 5) is 2.22. The smallest absolute Gasteiger partial charge is 0.0791 e. The minimum absolute atomic E-state index is 0.185. The van der Waals surface area contributed by atoms with Crippen LogP contribution in [0.2, 0.25) is 5.02 Å². The summed E-state index contributed by atoms with van der Waals surface area (Å²) >= 11 is 5.97. The molecule has 1 rings (SSSR count). The first-order valence-electron chi connectivity index (χ1n) is 6.96. The van der Waals surface area contributed by atoms with E-state index in [1.165, 1.54) is 0 Å². The Morgan fingerprint density at radius 2 is 2.00 bits per heavy atom. The summed E-state index contributed by atoms with van der Waals surface area (Å²) in [6, 6.07) is 8.00. The zero-order chi connectivity index (χ0) is 14.3. The zero-order valence-corrected chi connectivity index (χ0v) is 12.8. The van der Waals surface area contributed by atoms with Gasteiger partial charge in [0.15, 0.2) is 0 Å². The van der Waals surface area contributed by atoms with Crippen molar-refractivity contribution in [3.63, 3.8) is 0 Å². The van der Waals surface area contributed by atoms with Gasteiger partial charge in [0, 0.05) is 24.2 Å². The number of hydrogen-bond acceptors (Lipinski definition) is 3. The number of hydrogen-bond donors (Lipinski definition) is 2. The minimum Gasteiger partial charge on any atom is -0.390 e. The highest BCUT2D eigenvalue weighted by Crippen LogP contribution is 2.17. The topological polar surface area (TPSA) is 35.5 Å². The summed E-state index contributed by atoms with van der Waals surface area (Å²) in [5, 5.41) is 14.1. The van der Waals surface area contributed by atoms with Crippen LogP contribution in [0.25, 0.3) is 0 Å². The molecule has 108 valence electrons. The summed E-state index contributed by atoms with van der Waals surface area (Å²) < 4.78 is 0. The molecule has 1 aromatic carbocycles. The molecule has 0 heterocycles. The van der Waals surface area contributed by atoms with Crippen molar-refractivity contribution >= 4 is 11.6 Å². The van der Waals surface area contributed by atoms with Crippen molar-refractivity contribution in [3.8, 4) is 0 Å². The fraction of sp³-hybridized carbons (Fsp3) is 0.600. The number of aliphatic hydroxyl groups is 1. The highest BCUT2D eigenvalue weighted by atomic mass is 35.5. The van der Waals surface area contributed by atoms with Gasteiger partial charge in [0.1, 0.15) is 0 Å². The Bertz CT molecular complexity index is 369. The number of nitrogens with zero attached hydrogens (tertiary/aromatic N) is 1. The monoisotopic (exact) mass is 284 g/mol. The van der Waals surface area contributed by atoms with Crippen molar-refractivity contribution in [3.05, 3.63) is 34.9 Å². The first kappa shape index (κ1) is 16.4. The SMILES string of the molecule is CCN(CC)CC(O)CN[C@H](C)c1cccc(Cl)c1. The van der Waals surface area contributed by atoms with E-state index in [4.69, 9.17) is 11.6 Å². The van der Waals surface area contributed by atoms with Crippen molar-refractivity contribution < 1.29 is 5.11 Å². The van der Waals surface area contributed by atoms with E-state index in [2.05, 4.69) is 31.0 Å². The van der Waals surface area contributed by atoms with E-state index in [1.807, 2.05) is 24.3 Å². The fourth-order valence-corrected chi connectivity index (χ4v) is 2.25. The molecule has 2 atom stereocenters. The number of nitrogens with one attached hydrogen (secondary N) is 1. The van der Waals surface area contributed by atoms with Crippen LogP contribution in [0, 0.1) is 0 Å². The van der Waals surface area contributed by atoms with Gasteiger partial charge in [-0.1, -0.05) is 37.6 Å². The molecule has 0 aromatic heterocycles. The van der Waals surface area contributed by atoms with Crippen LogP contribution in [0.4, 0.5) is 0 Å². The quantitative estimate of drug-likeness (QED) is 0.770. The van der Waals surface area contributed by atoms with Crippen LogP contribution in [0.3, 0.4) is 0 Å². The second kappa shape index (κ2) is 8.54. The largest absolute Gasteiger partial charge is 0.390 e. The van der Waals surface area contributed by atoms with Crippen molar-refractivity contribution in [2.24, 2.45) is 0 Å². The average Bonchev–Trinajstić information content (AvgIpc) is 2.42. The molecule has 2 N–H and O–H groups in total. The lowest BCUT2D eigenvalue weighted by Gasteiger charge is -2.23. The van der Waals surface area contributed by atoms with Gasteiger partial charge in [-0.2, -0.15) is 0 Å². The van der Waals surface area contributed by atoms with Crippen LogP contribution in [-0.2, 0) is 0 Å². The molecule has 1 aromatic rings. The Kier molecular flexibility index (Phi) is 7.39. The predicted molar refractivity (Wildman–Crippen MR) is 81.7 cm³/mol. The molecule has 3 nitrogen and oxygen atoms in total. The third kappa shape index (κ3) is 5.91. The summed E-state index contributed by atoms with van der Waals surface area (Å²) in [5.74, 6) is 0. The summed E-state index contributed by atoms with van der Waals surface area (Å²) in [7, 11) is 0. The maximum atomic E-state index is 10.0. The molecule has 0 amide bonds. The highest BCUT2D eigenvalue weighted by molar-refractivity contribution is 6.30. The van der Waals surface area contributed by atoms with E-state index >= 15 is 0 Å². The Balaban J connectivity index is 2.39. The lowest BCUT2D eigenvalue weighted by atomic mass is 10.1. The van der Waals surface area contributed by atoms with Gasteiger partial charge in [-0.3, -0.25) is 0 Å². The second-order valence-electron chi connectivity index (χ2n) is 4.82. The van der Waals surface area contributed by atoms with Crippen LogP contribution in [0.15, 0.2) is 24.3 Å². The Hall–Kier alpha value is -0.610. The molecule has 0 saturated carbocycles. The van der Waals surface area contributed by atoms with Gasteiger partial charge >= 0.3 is 0 Å². The standard InChI is InChI=1S/C15H25ClN2O/c1-4-18(5-2)11-15(19)10-17-12(3)13-7-6-8-14(16)9-13/h6-9,12,15,17,19H,4-5,10-11H2,1-3H3/t12-,15?/m1/s1. The van der Waals surface area contributed by atoms with Crippen molar-refractivity contribution in [1.82, 2.24) is 10.2 Å². The number of rotatable bonds is 8. The number of halogens is 1. The van der Waals surface area contributed by atoms with Crippen molar-refractivity contribution in [2.45, 2.75) is 32.9 Å². The van der Waals surface area contributed by atoms with Gasteiger partial charge in [-0.25, -0.2) is 0 Å². The van der Waals surface area contributed by atoms with E-state index in [1.54, 1.807) is 0 Å². The van der Waals surface area contributed by atoms with Gasteiger partial charge in [0.2, 0.25) is 0 Å². The van der Waals surface area contributed by atoms with Gasteiger partial charge in [0.25, 0.3) is 0 Å². The molecule has 1 unspecified atom stereocenters. The Labute approximate surface area is 121 Å². The van der Waals surface area contributed by atoms with Crippen LogP contribution in [0.1, 0.15) is 32.4 Å². The number of aliphatic hydroxyl groups excluding tert-OH is 1. The molecule has 4 heteroatoms. The average molecular weight is 285 g/mol. The summed E-state index contributed by atoms with van der Waals surface area (Å²) in [6.07, 6.45) is -0.346. The lowest BCUT2D eigenvalue weighted by Crippen LogP contribution is -2.38. The lowest BCUT2D eigenvalue weighted by molar-refractivity contribution is 0.114. The van der Waals surface area contributed by atoms with E-state index in [9.17, 15) is 5.11 Å². The Morgan fingerprint density at radius 3 is 2.58 bits per heavy atom. The van der Waals surface area contributed by atoms with Gasteiger partial charge in [0.05, 0.1) is 6.10 Å². The van der Waals surface area contributed by atoms with Crippen LogP contribution in [-0.4, -0.2) is 42.3 Å². The van der Waals surface area contributed by atoms with Crippen LogP contribution >= 0.6 is 11.6 Å². The van der Waals surface area contributed by atoms with Crippen LogP contribution in [0.5, 0.6) is 0 Å². The summed E-state index contributed by atoms with van der Waals surface area (Å²) in [5.41, 5.74) is 1.14. The Morgan fingerprint density at radius 1 is 1.32 bits per heavy atom. The van der Waals surface area contributed by atoms with Gasteiger partial charge < -0.3 is 15.3 Å². The van der Waals surface area contributed by atoms with Crippen LogP contribution < -0.4 is 5.32 Å². The van der Waals surface area contributed by atoms with Crippen molar-refractivity contribution in [2.75, 3.05) is 26.2 Å². The normalized spacial score (nSPS) is 14.6. The molecule has 0 aliphatic heterocycles. The second-order valence-corrected chi connectivity index (χ2v) is 5.26. The molecule has 19 heavy (non-hydrogen) atoms. The van der Waals surface area contributed by atoms with E-state index < -0.39 is 0 Å². The van der Waals surface area contributed by atoms with Gasteiger partial charge in [-0.15, -0.1) is 0 Å². The fourth-order valence-electron chi connectivity index (χ4n) is 2.05. The number of likely N-dealkylation sites (N-methyl/N-ethyl adjacent to an activating group) is 1. The molecule has 0 radical (unpaired) electrons. The van der Waals surface area contributed by atoms with Crippen molar-refractivity contribution in [1.29, 1.82) is 0 Å². The maximum Gasteiger partial charge on any atom is 0.0791 e. The van der Waals surface area contributed by atoms with E-state index in [-0.39, 0.29) is 12.1 Å². The molecule has 0 saturated heterocycles. The zero-order valence-electron chi connectivity index (χ0n) is 12.1. The maximum absolute atomic E-state index is 10.0. The third-order valence-electron chi connectivity index (χ3n) is 3.37. The van der Waals surface area contributed by atoms with E-state index in [0.717, 1.165) is 23.7 Å². The highest BCUT2D eigenvalue weighted by Gasteiger charge is 2.11. The first-order valence-corrected chi connectivity index (χ1v) is 7.33. The molecule has 0 bridgehead atoms. The van der Waals surface area contributed by atoms with E-state index in [0.29, 0.717) is 13.1 Å². The number of benzene rings is 1. The predicted octanol–water partition coefficient (Wildman–Crippen LogP) is 2.69. The summed E-state index contributed by atoms with van der Waals surface area (Å²) in [6.45, 7) is 9.54. The first-order chi connectivity index (χ1) is 9.06. The molecular formula is C15H25ClN2O. The molecule has 0 fully saturated rings. The third-order valence-corrected chi connectivity index (χ3v) is 3.61. The molecular weight excluding hydrogens is 260 g/mol. The molecule has 0 aliphatic rings.